The minimum absolute atomic E-state index is 0.0421. The number of nitrogens with one attached hydrogen (secondary N) is 1. The van der Waals surface area contributed by atoms with E-state index < -0.39 is 0 Å². The third kappa shape index (κ3) is 4.93. The van der Waals surface area contributed by atoms with Crippen LogP contribution in [0.5, 0.6) is 0 Å². The molecule has 0 saturated heterocycles. The first kappa shape index (κ1) is 23.5. The van der Waals surface area contributed by atoms with E-state index in [-0.39, 0.29) is 11.1 Å². The molecular weight excluding hydrogens is 478 g/mol. The lowest BCUT2D eigenvalue weighted by Crippen LogP contribution is -2.25. The maximum atomic E-state index is 13.2. The summed E-state index contributed by atoms with van der Waals surface area (Å²) in [6.07, 6.45) is 0.832. The van der Waals surface area contributed by atoms with E-state index in [1.165, 1.54) is 23.1 Å². The molecule has 0 unspecified atom stereocenters. The SMILES string of the molecule is CN(C)CCCn1c(SCc2nc3scc(-c4ccccc4)c3c(=O)[nH]2)nc2ccccc2c1=O. The maximum Gasteiger partial charge on any atom is 0.262 e. The van der Waals surface area contributed by atoms with Gasteiger partial charge in [-0.05, 0) is 44.8 Å². The van der Waals surface area contributed by atoms with Crippen molar-refractivity contribution in [3.05, 3.63) is 86.5 Å². The first-order chi connectivity index (χ1) is 17.0. The van der Waals surface area contributed by atoms with Crippen molar-refractivity contribution in [1.29, 1.82) is 0 Å². The molecule has 0 saturated carbocycles. The van der Waals surface area contributed by atoms with Crippen LogP contribution in [-0.2, 0) is 12.3 Å². The van der Waals surface area contributed by atoms with Crippen molar-refractivity contribution in [3.8, 4) is 11.1 Å². The topological polar surface area (TPSA) is 83.9 Å². The van der Waals surface area contributed by atoms with Gasteiger partial charge in [0.25, 0.3) is 11.1 Å². The first-order valence-corrected chi connectivity index (χ1v) is 13.2. The van der Waals surface area contributed by atoms with Gasteiger partial charge in [0.15, 0.2) is 5.16 Å². The Hall–Kier alpha value is -3.27. The van der Waals surface area contributed by atoms with Crippen molar-refractivity contribution >= 4 is 44.2 Å². The molecule has 35 heavy (non-hydrogen) atoms. The molecule has 0 bridgehead atoms. The molecule has 0 aliphatic carbocycles. The van der Waals surface area contributed by atoms with Gasteiger partial charge in [-0.3, -0.25) is 14.2 Å². The number of hydrogen-bond donors (Lipinski definition) is 1. The Morgan fingerprint density at radius 3 is 2.60 bits per heavy atom. The lowest BCUT2D eigenvalue weighted by atomic mass is 10.1. The van der Waals surface area contributed by atoms with E-state index in [9.17, 15) is 9.59 Å². The van der Waals surface area contributed by atoms with Crippen molar-refractivity contribution in [3.63, 3.8) is 0 Å². The molecule has 3 heterocycles. The number of benzene rings is 2. The Kier molecular flexibility index (Phi) is 6.81. The zero-order valence-electron chi connectivity index (χ0n) is 19.5. The lowest BCUT2D eigenvalue weighted by molar-refractivity contribution is 0.379. The Morgan fingerprint density at radius 2 is 1.80 bits per heavy atom. The largest absolute Gasteiger partial charge is 0.309 e. The number of thiophene rings is 1. The van der Waals surface area contributed by atoms with Crippen LogP contribution in [0.1, 0.15) is 12.2 Å². The van der Waals surface area contributed by atoms with E-state index in [0.29, 0.717) is 44.4 Å². The van der Waals surface area contributed by atoms with E-state index >= 15 is 0 Å². The van der Waals surface area contributed by atoms with Gasteiger partial charge >= 0.3 is 0 Å². The average molecular weight is 504 g/mol. The number of thioether (sulfide) groups is 1. The fourth-order valence-electron chi connectivity index (χ4n) is 4.03. The number of para-hydroxylation sites is 1. The number of rotatable bonds is 8. The predicted molar refractivity (Wildman–Crippen MR) is 144 cm³/mol. The van der Waals surface area contributed by atoms with Crippen LogP contribution in [0.25, 0.3) is 32.2 Å². The van der Waals surface area contributed by atoms with E-state index in [4.69, 9.17) is 9.97 Å². The van der Waals surface area contributed by atoms with Crippen molar-refractivity contribution in [2.75, 3.05) is 20.6 Å². The molecule has 0 spiro atoms. The molecule has 2 aromatic carbocycles. The Labute approximate surface area is 210 Å². The second-order valence-corrected chi connectivity index (χ2v) is 10.3. The number of aromatic amines is 1. The number of aromatic nitrogens is 4. The van der Waals surface area contributed by atoms with Gasteiger partial charge in [-0.1, -0.05) is 54.2 Å². The van der Waals surface area contributed by atoms with Gasteiger partial charge in [0.1, 0.15) is 10.7 Å². The summed E-state index contributed by atoms with van der Waals surface area (Å²) in [5, 5.41) is 3.83. The van der Waals surface area contributed by atoms with Crippen LogP contribution >= 0.6 is 23.1 Å². The smallest absolute Gasteiger partial charge is 0.262 e. The summed E-state index contributed by atoms with van der Waals surface area (Å²) in [5.41, 5.74) is 2.37. The number of nitrogens with zero attached hydrogens (tertiary/aromatic N) is 4. The van der Waals surface area contributed by atoms with Gasteiger partial charge < -0.3 is 9.88 Å². The van der Waals surface area contributed by atoms with Crippen LogP contribution < -0.4 is 11.1 Å². The highest BCUT2D eigenvalue weighted by Gasteiger charge is 2.15. The van der Waals surface area contributed by atoms with Gasteiger partial charge in [0.2, 0.25) is 0 Å². The minimum Gasteiger partial charge on any atom is -0.309 e. The van der Waals surface area contributed by atoms with E-state index in [1.807, 2.05) is 74.1 Å². The second-order valence-electron chi connectivity index (χ2n) is 8.52. The summed E-state index contributed by atoms with van der Waals surface area (Å²) in [6.45, 7) is 1.45. The predicted octanol–water partition coefficient (Wildman–Crippen LogP) is 4.61. The average Bonchev–Trinajstić information content (AvgIpc) is 3.29. The highest BCUT2D eigenvalue weighted by molar-refractivity contribution is 7.98. The molecule has 0 atom stereocenters. The molecule has 0 aliphatic heterocycles. The molecule has 7 nitrogen and oxygen atoms in total. The molecule has 0 fully saturated rings. The molecule has 5 rings (SSSR count). The Morgan fingerprint density at radius 1 is 1.03 bits per heavy atom. The number of hydrogen-bond acceptors (Lipinski definition) is 7. The molecule has 0 radical (unpaired) electrons. The third-order valence-electron chi connectivity index (χ3n) is 5.73. The molecule has 0 aliphatic rings. The van der Waals surface area contributed by atoms with Crippen LogP contribution in [0.15, 0.2) is 74.7 Å². The summed E-state index contributed by atoms with van der Waals surface area (Å²) in [4.78, 5) is 41.5. The monoisotopic (exact) mass is 503 g/mol. The zero-order valence-corrected chi connectivity index (χ0v) is 21.2. The van der Waals surface area contributed by atoms with Gasteiger partial charge in [0.05, 0.1) is 22.0 Å². The Bertz CT molecular complexity index is 1610. The van der Waals surface area contributed by atoms with Gasteiger partial charge in [0, 0.05) is 17.5 Å². The molecule has 178 valence electrons. The summed E-state index contributed by atoms with van der Waals surface area (Å²) in [7, 11) is 4.03. The van der Waals surface area contributed by atoms with Crippen LogP contribution in [-0.4, -0.2) is 45.1 Å². The normalized spacial score (nSPS) is 11.6. The molecule has 0 amide bonds. The van der Waals surface area contributed by atoms with Crippen LogP contribution in [0, 0.1) is 0 Å². The van der Waals surface area contributed by atoms with Gasteiger partial charge in [-0.2, -0.15) is 0 Å². The van der Waals surface area contributed by atoms with Crippen molar-refractivity contribution in [2.24, 2.45) is 0 Å². The standard InChI is InChI=1S/C26H25N5O2S2/c1-30(2)13-8-14-31-25(33)18-11-6-7-12-20(18)27-26(31)35-16-21-28-23(32)22-19(15-34-24(22)29-21)17-9-4-3-5-10-17/h3-7,9-12,15H,8,13-14,16H2,1-2H3,(H,28,29,32). The van der Waals surface area contributed by atoms with Crippen molar-refractivity contribution in [1.82, 2.24) is 24.4 Å². The van der Waals surface area contributed by atoms with Crippen LogP contribution in [0.2, 0.25) is 0 Å². The zero-order chi connectivity index (χ0) is 24.4. The molecule has 1 N–H and O–H groups in total. The van der Waals surface area contributed by atoms with Crippen LogP contribution in [0.4, 0.5) is 0 Å². The van der Waals surface area contributed by atoms with Gasteiger partial charge in [-0.25, -0.2) is 9.97 Å². The summed E-state index contributed by atoms with van der Waals surface area (Å²) in [5.74, 6) is 0.971. The summed E-state index contributed by atoms with van der Waals surface area (Å²) < 4.78 is 1.74. The second kappa shape index (κ2) is 10.2. The quantitative estimate of drug-likeness (QED) is 0.246. The Balaban J connectivity index is 1.46. The highest BCUT2D eigenvalue weighted by atomic mass is 32.2. The van der Waals surface area contributed by atoms with Crippen molar-refractivity contribution < 1.29 is 0 Å². The summed E-state index contributed by atoms with van der Waals surface area (Å²) in [6, 6.07) is 17.3. The molecule has 5 aromatic rings. The molecular formula is C26H25N5O2S2. The maximum absolute atomic E-state index is 13.2. The first-order valence-electron chi connectivity index (χ1n) is 11.3. The number of fused-ring (bicyclic) bond motifs is 2. The van der Waals surface area contributed by atoms with Gasteiger partial charge in [-0.15, -0.1) is 11.3 Å². The van der Waals surface area contributed by atoms with Crippen molar-refractivity contribution in [2.45, 2.75) is 23.9 Å². The fraction of sp³-hybridized carbons (Fsp3) is 0.231. The summed E-state index contributed by atoms with van der Waals surface area (Å²) >= 11 is 2.88. The minimum atomic E-state index is -0.152. The van der Waals surface area contributed by atoms with E-state index in [1.54, 1.807) is 4.57 Å². The van der Waals surface area contributed by atoms with E-state index in [0.717, 1.165) is 24.1 Å². The van der Waals surface area contributed by atoms with Crippen LogP contribution in [0.3, 0.4) is 0 Å². The number of H-pyrrole nitrogens is 1. The molecule has 3 aromatic heterocycles. The molecule has 9 heteroatoms. The highest BCUT2D eigenvalue weighted by Crippen LogP contribution is 2.31. The lowest BCUT2D eigenvalue weighted by Gasteiger charge is -2.14. The third-order valence-corrected chi connectivity index (χ3v) is 7.59. The van der Waals surface area contributed by atoms with E-state index in [2.05, 4.69) is 9.88 Å². The fourth-order valence-corrected chi connectivity index (χ4v) is 5.89.